The first-order valence-electron chi connectivity index (χ1n) is 4.76. The van der Waals surface area contributed by atoms with Gasteiger partial charge in [0.2, 0.25) is 0 Å². The molecule has 8 heteroatoms. The second-order valence-corrected chi connectivity index (χ2v) is 4.23. The van der Waals surface area contributed by atoms with Crippen LogP contribution in [0.15, 0.2) is 16.0 Å². The zero-order valence-corrected chi connectivity index (χ0v) is 10.1. The zero-order valence-electron chi connectivity index (χ0n) is 9.26. The summed E-state index contributed by atoms with van der Waals surface area (Å²) in [6, 6.07) is 1.40. The van der Waals surface area contributed by atoms with Gasteiger partial charge in [0.1, 0.15) is 0 Å². The van der Waals surface area contributed by atoms with Gasteiger partial charge in [-0.1, -0.05) is 11.8 Å². The number of ether oxygens (including phenoxy) is 1. The van der Waals surface area contributed by atoms with E-state index in [0.717, 1.165) is 11.8 Å². The molecule has 0 radical (unpaired) electrons. The fraction of sp³-hybridized carbons (Fsp3) is 0.333. The topological polar surface area (TPSA) is 89.3 Å². The van der Waals surface area contributed by atoms with Crippen molar-refractivity contribution < 1.29 is 9.53 Å². The van der Waals surface area contributed by atoms with Crippen molar-refractivity contribution in [2.75, 3.05) is 12.9 Å². The van der Waals surface area contributed by atoms with Crippen molar-refractivity contribution in [3.63, 3.8) is 0 Å². The molecule has 90 valence electrons. The summed E-state index contributed by atoms with van der Waals surface area (Å²) in [4.78, 5) is 30.7. The molecule has 2 rings (SSSR count). The highest BCUT2D eigenvalue weighted by Gasteiger charge is 2.09. The van der Waals surface area contributed by atoms with Crippen LogP contribution in [0, 0.1) is 6.92 Å². The van der Waals surface area contributed by atoms with E-state index in [0.29, 0.717) is 16.6 Å². The Morgan fingerprint density at radius 1 is 1.59 bits per heavy atom. The lowest BCUT2D eigenvalue weighted by Gasteiger charge is -1.94. The first-order valence-corrected chi connectivity index (χ1v) is 5.75. The molecule has 0 amide bonds. The molecule has 2 heterocycles. The van der Waals surface area contributed by atoms with Crippen molar-refractivity contribution in [1.82, 2.24) is 19.6 Å². The van der Waals surface area contributed by atoms with E-state index in [2.05, 4.69) is 19.8 Å². The largest absolute Gasteiger partial charge is 0.468 e. The number of aromatic amines is 1. The number of esters is 1. The van der Waals surface area contributed by atoms with Crippen LogP contribution in [0.1, 0.15) is 5.69 Å². The van der Waals surface area contributed by atoms with Gasteiger partial charge in [-0.25, -0.2) is 4.98 Å². The minimum atomic E-state index is -0.355. The summed E-state index contributed by atoms with van der Waals surface area (Å²) in [5.74, 6) is 0.0682. The fourth-order valence-corrected chi connectivity index (χ4v) is 1.90. The zero-order chi connectivity index (χ0) is 12.4. The summed E-state index contributed by atoms with van der Waals surface area (Å²) < 4.78 is 5.73. The number of carbonyl (C=O) groups is 1. The highest BCUT2D eigenvalue weighted by atomic mass is 32.2. The van der Waals surface area contributed by atoms with Gasteiger partial charge in [-0.2, -0.15) is 9.50 Å². The third-order valence-electron chi connectivity index (χ3n) is 1.99. The number of hydrogen-bond acceptors (Lipinski definition) is 6. The van der Waals surface area contributed by atoms with E-state index in [1.54, 1.807) is 6.92 Å². The van der Waals surface area contributed by atoms with E-state index in [-0.39, 0.29) is 17.3 Å². The van der Waals surface area contributed by atoms with Crippen LogP contribution in [0.3, 0.4) is 0 Å². The summed E-state index contributed by atoms with van der Waals surface area (Å²) in [6.07, 6.45) is 0. The molecular weight excluding hydrogens is 244 g/mol. The first-order chi connectivity index (χ1) is 8.10. The average molecular weight is 254 g/mol. The lowest BCUT2D eigenvalue weighted by Crippen LogP contribution is -2.14. The predicted octanol–water partition coefficient (Wildman–Crippen LogP) is -0.00888. The molecule has 2 aromatic heterocycles. The van der Waals surface area contributed by atoms with Gasteiger partial charge in [0, 0.05) is 11.8 Å². The highest BCUT2D eigenvalue weighted by molar-refractivity contribution is 7.99. The van der Waals surface area contributed by atoms with Gasteiger partial charge >= 0.3 is 5.97 Å². The molecule has 0 aliphatic heterocycles. The number of nitrogens with one attached hydrogen (secondary N) is 1. The summed E-state index contributed by atoms with van der Waals surface area (Å²) >= 11 is 1.15. The Morgan fingerprint density at radius 3 is 3.06 bits per heavy atom. The number of hydrogen-bond donors (Lipinski definition) is 1. The number of methoxy groups -OCH3 is 1. The molecule has 0 atom stereocenters. The average Bonchev–Trinajstić information content (AvgIpc) is 2.69. The minimum Gasteiger partial charge on any atom is -0.468 e. The maximum Gasteiger partial charge on any atom is 0.316 e. The van der Waals surface area contributed by atoms with E-state index in [4.69, 9.17) is 0 Å². The van der Waals surface area contributed by atoms with E-state index < -0.39 is 0 Å². The molecule has 0 spiro atoms. The number of H-pyrrole nitrogens is 1. The Hall–Kier alpha value is -1.83. The number of rotatable bonds is 3. The number of fused-ring (bicyclic) bond motifs is 1. The van der Waals surface area contributed by atoms with Crippen molar-refractivity contribution in [3.8, 4) is 0 Å². The minimum absolute atomic E-state index is 0.129. The maximum absolute atomic E-state index is 11.6. The van der Waals surface area contributed by atoms with Crippen LogP contribution in [-0.4, -0.2) is 38.4 Å². The van der Waals surface area contributed by atoms with E-state index >= 15 is 0 Å². The number of aryl methyl sites for hydroxylation is 1. The SMILES string of the molecule is COC(=O)CSc1nc2nc(C)cc(=O)n2[nH]1. The normalized spacial score (nSPS) is 10.7. The van der Waals surface area contributed by atoms with Crippen LogP contribution in [0.25, 0.3) is 5.78 Å². The molecule has 17 heavy (non-hydrogen) atoms. The Morgan fingerprint density at radius 2 is 2.35 bits per heavy atom. The molecule has 1 N–H and O–H groups in total. The van der Waals surface area contributed by atoms with Crippen LogP contribution >= 0.6 is 11.8 Å². The monoisotopic (exact) mass is 254 g/mol. The first kappa shape index (κ1) is 11.6. The number of carbonyl (C=O) groups excluding carboxylic acids is 1. The summed E-state index contributed by atoms with van der Waals surface area (Å²) in [7, 11) is 1.32. The second kappa shape index (κ2) is 4.58. The van der Waals surface area contributed by atoms with Crippen LogP contribution in [-0.2, 0) is 9.53 Å². The summed E-state index contributed by atoms with van der Waals surface area (Å²) in [6.45, 7) is 1.72. The third-order valence-corrected chi connectivity index (χ3v) is 2.83. The molecule has 0 saturated carbocycles. The van der Waals surface area contributed by atoms with Crippen molar-refractivity contribution >= 4 is 23.5 Å². The molecule has 0 aliphatic carbocycles. The Labute approximate surface area is 100 Å². The van der Waals surface area contributed by atoms with Crippen LogP contribution in [0.5, 0.6) is 0 Å². The van der Waals surface area contributed by atoms with Gasteiger partial charge in [0.15, 0.2) is 5.16 Å². The molecule has 0 unspecified atom stereocenters. The molecule has 7 nitrogen and oxygen atoms in total. The lowest BCUT2D eigenvalue weighted by atomic mass is 10.5. The molecule has 0 saturated heterocycles. The van der Waals surface area contributed by atoms with Crippen molar-refractivity contribution in [1.29, 1.82) is 0 Å². The van der Waals surface area contributed by atoms with Gasteiger partial charge < -0.3 is 4.74 Å². The standard InChI is InChI=1S/C9H10N4O3S/c1-5-3-6(14)13-8(10-5)11-9(12-13)17-4-7(15)16-2/h3H,4H2,1-2H3,(H,10,11,12). The summed E-state index contributed by atoms with van der Waals surface area (Å²) in [5.41, 5.74) is 0.371. The van der Waals surface area contributed by atoms with Crippen molar-refractivity contribution in [2.24, 2.45) is 0 Å². The Bertz CT molecular complexity index is 618. The van der Waals surface area contributed by atoms with Crippen LogP contribution in [0.2, 0.25) is 0 Å². The van der Waals surface area contributed by atoms with Crippen molar-refractivity contribution in [2.45, 2.75) is 12.1 Å². The van der Waals surface area contributed by atoms with E-state index in [9.17, 15) is 9.59 Å². The fourth-order valence-electron chi connectivity index (χ4n) is 1.22. The molecule has 0 aromatic carbocycles. The predicted molar refractivity (Wildman–Crippen MR) is 61.1 cm³/mol. The van der Waals surface area contributed by atoms with Crippen molar-refractivity contribution in [3.05, 3.63) is 22.1 Å². The quantitative estimate of drug-likeness (QED) is 0.612. The Balaban J connectivity index is 2.29. The molecule has 2 aromatic rings. The number of aromatic nitrogens is 4. The van der Waals surface area contributed by atoms with Gasteiger partial charge in [0.25, 0.3) is 11.3 Å². The second-order valence-electron chi connectivity index (χ2n) is 3.26. The van der Waals surface area contributed by atoms with Gasteiger partial charge in [-0.3, -0.25) is 14.7 Å². The van der Waals surface area contributed by atoms with E-state index in [1.807, 2.05) is 0 Å². The number of nitrogens with zero attached hydrogens (tertiary/aromatic N) is 3. The number of thioether (sulfide) groups is 1. The Kier molecular flexibility index (Phi) is 3.14. The van der Waals surface area contributed by atoms with E-state index in [1.165, 1.54) is 17.7 Å². The lowest BCUT2D eigenvalue weighted by molar-refractivity contribution is -0.137. The smallest absolute Gasteiger partial charge is 0.316 e. The van der Waals surface area contributed by atoms with Gasteiger partial charge in [-0.15, -0.1) is 0 Å². The molecule has 0 aliphatic rings. The molecule has 0 bridgehead atoms. The van der Waals surface area contributed by atoms with Gasteiger partial charge in [0.05, 0.1) is 12.9 Å². The molecular formula is C9H10N4O3S. The van der Waals surface area contributed by atoms with Crippen LogP contribution in [0.4, 0.5) is 0 Å². The maximum atomic E-state index is 11.6. The summed E-state index contributed by atoms with van der Waals surface area (Å²) in [5, 5.41) is 3.21. The third kappa shape index (κ3) is 2.47. The molecule has 0 fully saturated rings. The highest BCUT2D eigenvalue weighted by Crippen LogP contribution is 2.12. The van der Waals surface area contributed by atoms with Crippen LogP contribution < -0.4 is 5.56 Å². The van der Waals surface area contributed by atoms with Gasteiger partial charge in [-0.05, 0) is 6.92 Å².